The molecule has 8 nitrogen and oxygen atoms in total. The number of hydrogen-bond acceptors (Lipinski definition) is 6. The largest absolute Gasteiger partial charge is 0.491 e. The highest BCUT2D eigenvalue weighted by Gasteiger charge is 2.27. The molecule has 8 heteroatoms. The van der Waals surface area contributed by atoms with E-state index in [0.29, 0.717) is 0 Å². The van der Waals surface area contributed by atoms with Crippen LogP contribution in [0.5, 0.6) is 5.75 Å². The van der Waals surface area contributed by atoms with Crippen molar-refractivity contribution in [2.45, 2.75) is 32.4 Å². The Morgan fingerprint density at radius 1 is 1.33 bits per heavy atom. The van der Waals surface area contributed by atoms with E-state index in [9.17, 15) is 4.79 Å². The Hall–Kier alpha value is -3.16. The predicted molar refractivity (Wildman–Crippen MR) is 100 cm³/mol. The van der Waals surface area contributed by atoms with Gasteiger partial charge in [-0.15, -0.1) is 5.10 Å². The predicted octanol–water partition coefficient (Wildman–Crippen LogP) is 2.76. The zero-order valence-corrected chi connectivity index (χ0v) is 15.2. The summed E-state index contributed by atoms with van der Waals surface area (Å²) >= 11 is 0. The topological polar surface area (TPSA) is 93.4 Å². The lowest BCUT2D eigenvalue weighted by atomic mass is 10.1. The lowest BCUT2D eigenvalue weighted by Gasteiger charge is -2.21. The molecular weight excluding hydrogens is 346 g/mol. The number of rotatable bonds is 5. The molecule has 1 N–H and O–H groups in total. The summed E-state index contributed by atoms with van der Waals surface area (Å²) in [5, 5.41) is 17.8. The third-order valence-corrected chi connectivity index (χ3v) is 4.67. The molecule has 1 atom stereocenters. The Morgan fingerprint density at radius 2 is 2.19 bits per heavy atom. The molecule has 1 aliphatic rings. The zero-order valence-electron chi connectivity index (χ0n) is 15.2. The molecule has 0 spiro atoms. The van der Waals surface area contributed by atoms with Crippen LogP contribution in [0.25, 0.3) is 10.9 Å². The Balaban J connectivity index is 1.61. The number of pyridine rings is 1. The van der Waals surface area contributed by atoms with Crippen molar-refractivity contribution >= 4 is 22.6 Å². The van der Waals surface area contributed by atoms with E-state index in [1.54, 1.807) is 4.68 Å². The van der Waals surface area contributed by atoms with Crippen LogP contribution in [0.3, 0.4) is 0 Å². The second-order valence-corrected chi connectivity index (χ2v) is 6.95. The van der Waals surface area contributed by atoms with Crippen molar-refractivity contribution in [2.75, 3.05) is 18.0 Å². The molecule has 0 aliphatic carbocycles. The highest BCUT2D eigenvalue weighted by molar-refractivity contribution is 5.92. The van der Waals surface area contributed by atoms with Gasteiger partial charge in [0.15, 0.2) is 5.69 Å². The SMILES string of the molecule is CC(C)Oc1ccc2nccc(N3CCC(n4cc(C(=O)O)nn4)C3)c2c1. The van der Waals surface area contributed by atoms with E-state index in [0.717, 1.165) is 41.9 Å². The number of aromatic nitrogens is 4. The van der Waals surface area contributed by atoms with E-state index in [1.165, 1.54) is 6.20 Å². The Labute approximate surface area is 156 Å². The molecule has 27 heavy (non-hydrogen) atoms. The van der Waals surface area contributed by atoms with E-state index in [2.05, 4.69) is 20.2 Å². The van der Waals surface area contributed by atoms with Crippen LogP contribution in [0.4, 0.5) is 5.69 Å². The van der Waals surface area contributed by atoms with Crippen LogP contribution < -0.4 is 9.64 Å². The van der Waals surface area contributed by atoms with Crippen LogP contribution in [-0.2, 0) is 0 Å². The van der Waals surface area contributed by atoms with Gasteiger partial charge >= 0.3 is 5.97 Å². The molecule has 4 rings (SSSR count). The first-order valence-electron chi connectivity index (χ1n) is 8.97. The van der Waals surface area contributed by atoms with Crippen molar-refractivity contribution in [3.05, 3.63) is 42.4 Å². The molecule has 0 bridgehead atoms. The smallest absolute Gasteiger partial charge is 0.358 e. The fraction of sp³-hybridized carbons (Fsp3) is 0.368. The molecule has 2 aromatic heterocycles. The molecular formula is C19H21N5O3. The maximum atomic E-state index is 11.0. The second-order valence-electron chi connectivity index (χ2n) is 6.95. The summed E-state index contributed by atoms with van der Waals surface area (Å²) in [5.74, 6) is -0.237. The summed E-state index contributed by atoms with van der Waals surface area (Å²) in [7, 11) is 0. The number of benzene rings is 1. The number of fused-ring (bicyclic) bond motifs is 1. The van der Waals surface area contributed by atoms with Crippen molar-refractivity contribution in [3.63, 3.8) is 0 Å². The first-order chi connectivity index (χ1) is 13.0. The van der Waals surface area contributed by atoms with E-state index < -0.39 is 5.97 Å². The van der Waals surface area contributed by atoms with Crippen LogP contribution in [0, 0.1) is 0 Å². The Bertz CT molecular complexity index is 984. The molecule has 1 unspecified atom stereocenters. The van der Waals surface area contributed by atoms with E-state index >= 15 is 0 Å². The van der Waals surface area contributed by atoms with Crippen molar-refractivity contribution in [1.82, 2.24) is 20.0 Å². The van der Waals surface area contributed by atoms with Crippen LogP contribution in [0.2, 0.25) is 0 Å². The molecule has 0 saturated carbocycles. The van der Waals surface area contributed by atoms with Gasteiger partial charge in [-0.3, -0.25) is 4.98 Å². The first kappa shape index (κ1) is 17.3. The normalized spacial score (nSPS) is 17.0. The summed E-state index contributed by atoms with van der Waals surface area (Å²) in [6.45, 7) is 5.59. The van der Waals surface area contributed by atoms with Gasteiger partial charge in [0.05, 0.1) is 23.9 Å². The van der Waals surface area contributed by atoms with E-state index in [1.807, 2.05) is 44.3 Å². The number of ether oxygens (including phenoxy) is 1. The van der Waals surface area contributed by atoms with Gasteiger partial charge in [0, 0.05) is 30.4 Å². The molecule has 3 heterocycles. The lowest BCUT2D eigenvalue weighted by Crippen LogP contribution is -2.21. The minimum atomic E-state index is -1.06. The average Bonchev–Trinajstić information content (AvgIpc) is 3.30. The Morgan fingerprint density at radius 3 is 2.93 bits per heavy atom. The fourth-order valence-electron chi connectivity index (χ4n) is 3.46. The minimum Gasteiger partial charge on any atom is -0.491 e. The van der Waals surface area contributed by atoms with Crippen LogP contribution in [0.15, 0.2) is 36.7 Å². The maximum Gasteiger partial charge on any atom is 0.358 e. The van der Waals surface area contributed by atoms with Gasteiger partial charge in [-0.2, -0.15) is 0 Å². The number of anilines is 1. The van der Waals surface area contributed by atoms with Gasteiger partial charge in [-0.25, -0.2) is 9.48 Å². The lowest BCUT2D eigenvalue weighted by molar-refractivity contribution is 0.0690. The summed E-state index contributed by atoms with van der Waals surface area (Å²) in [4.78, 5) is 17.8. The van der Waals surface area contributed by atoms with E-state index in [-0.39, 0.29) is 17.8 Å². The van der Waals surface area contributed by atoms with E-state index in [4.69, 9.17) is 9.84 Å². The molecule has 3 aromatic rings. The minimum absolute atomic E-state index is 0.0294. The molecule has 1 fully saturated rings. The van der Waals surface area contributed by atoms with Gasteiger partial charge in [0.1, 0.15) is 5.75 Å². The van der Waals surface area contributed by atoms with Crippen molar-refractivity contribution in [3.8, 4) is 5.75 Å². The summed E-state index contributed by atoms with van der Waals surface area (Å²) in [6.07, 6.45) is 4.28. The van der Waals surface area contributed by atoms with Gasteiger partial charge in [0.2, 0.25) is 0 Å². The summed E-state index contributed by atoms with van der Waals surface area (Å²) < 4.78 is 7.48. The third-order valence-electron chi connectivity index (χ3n) is 4.67. The molecule has 0 radical (unpaired) electrons. The number of aromatic carboxylic acids is 1. The number of carboxylic acid groups (broad SMARTS) is 1. The van der Waals surface area contributed by atoms with Crippen molar-refractivity contribution in [2.24, 2.45) is 0 Å². The van der Waals surface area contributed by atoms with Crippen LogP contribution in [-0.4, -0.2) is 50.2 Å². The quantitative estimate of drug-likeness (QED) is 0.741. The highest BCUT2D eigenvalue weighted by Crippen LogP contribution is 2.33. The van der Waals surface area contributed by atoms with Crippen molar-refractivity contribution in [1.29, 1.82) is 0 Å². The molecule has 1 aliphatic heterocycles. The Kier molecular flexibility index (Phi) is 4.39. The number of carboxylic acids is 1. The molecule has 140 valence electrons. The van der Waals surface area contributed by atoms with Gasteiger partial charge in [0.25, 0.3) is 0 Å². The summed E-state index contributed by atoms with van der Waals surface area (Å²) in [5.41, 5.74) is 1.98. The maximum absolute atomic E-state index is 11.0. The fourth-order valence-corrected chi connectivity index (χ4v) is 3.46. The monoisotopic (exact) mass is 367 g/mol. The standard InChI is InChI=1S/C19H21N5O3/c1-12(2)27-14-3-4-16-15(9-14)18(5-7-20-16)23-8-6-13(10-23)24-11-17(19(25)26)21-22-24/h3-5,7,9,11-13H,6,8,10H2,1-2H3,(H,25,26). The molecule has 0 amide bonds. The van der Waals surface area contributed by atoms with Gasteiger partial charge < -0.3 is 14.7 Å². The number of hydrogen-bond donors (Lipinski definition) is 1. The number of carbonyl (C=O) groups is 1. The van der Waals surface area contributed by atoms with Crippen LogP contribution >= 0.6 is 0 Å². The summed E-state index contributed by atoms with van der Waals surface area (Å²) in [6, 6.07) is 8.04. The van der Waals surface area contributed by atoms with Gasteiger partial charge in [-0.1, -0.05) is 5.21 Å². The van der Waals surface area contributed by atoms with Crippen LogP contribution in [0.1, 0.15) is 36.8 Å². The van der Waals surface area contributed by atoms with Crippen molar-refractivity contribution < 1.29 is 14.6 Å². The highest BCUT2D eigenvalue weighted by atomic mass is 16.5. The second kappa shape index (κ2) is 6.86. The molecule has 1 saturated heterocycles. The third kappa shape index (κ3) is 3.42. The average molecular weight is 367 g/mol. The first-order valence-corrected chi connectivity index (χ1v) is 8.97. The molecule has 1 aromatic carbocycles. The number of nitrogens with zero attached hydrogens (tertiary/aromatic N) is 5. The zero-order chi connectivity index (χ0) is 19.0. The van der Waals surface area contributed by atoms with Gasteiger partial charge in [-0.05, 0) is 44.5 Å².